The molecule has 1 unspecified atom stereocenters. The summed E-state index contributed by atoms with van der Waals surface area (Å²) in [4.78, 5) is 9.78. The summed E-state index contributed by atoms with van der Waals surface area (Å²) in [7, 11) is 0. The van der Waals surface area contributed by atoms with Crippen LogP contribution in [0, 0.1) is 27.3 Å². The van der Waals surface area contributed by atoms with E-state index < -0.39 is 21.8 Å². The van der Waals surface area contributed by atoms with Crippen LogP contribution in [-0.2, 0) is 0 Å². The first-order chi connectivity index (χ1) is 7.54. The molecule has 1 aromatic carbocycles. The summed E-state index contributed by atoms with van der Waals surface area (Å²) >= 11 is 5.45. The lowest BCUT2D eigenvalue weighted by Crippen LogP contribution is -2.10. The van der Waals surface area contributed by atoms with Gasteiger partial charge in [0, 0.05) is 0 Å². The summed E-state index contributed by atoms with van der Waals surface area (Å²) in [5, 5.41) is 18.0. The van der Waals surface area contributed by atoms with Crippen molar-refractivity contribution in [2.24, 2.45) is 0 Å². The second-order valence-electron chi connectivity index (χ2n) is 2.78. The minimum atomic E-state index is -0.912. The molecular weight excluding hydrogens is 239 g/mol. The molecule has 0 amide bonds. The Morgan fingerprint density at radius 3 is 2.94 bits per heavy atom. The van der Waals surface area contributed by atoms with Crippen LogP contribution in [0.5, 0.6) is 5.75 Å². The quantitative estimate of drug-likeness (QED) is 0.462. The number of rotatable bonds is 4. The van der Waals surface area contributed by atoms with E-state index in [-0.39, 0.29) is 12.4 Å². The van der Waals surface area contributed by atoms with Crippen molar-refractivity contribution in [1.29, 1.82) is 5.26 Å². The summed E-state index contributed by atoms with van der Waals surface area (Å²) in [5.41, 5.74) is -0.498. The second-order valence-corrected chi connectivity index (χ2v) is 3.30. The van der Waals surface area contributed by atoms with Gasteiger partial charge in [0.1, 0.15) is 12.4 Å². The van der Waals surface area contributed by atoms with Crippen molar-refractivity contribution < 1.29 is 14.1 Å². The Bertz CT molecular complexity index is 447. The van der Waals surface area contributed by atoms with Gasteiger partial charge in [-0.05, 0) is 12.1 Å². The van der Waals surface area contributed by atoms with Crippen LogP contribution in [0.2, 0.25) is 0 Å². The van der Waals surface area contributed by atoms with Crippen LogP contribution < -0.4 is 4.74 Å². The Morgan fingerprint density at radius 2 is 2.38 bits per heavy atom. The Hall–Kier alpha value is -1.87. The van der Waals surface area contributed by atoms with Crippen LogP contribution in [-0.4, -0.2) is 16.9 Å². The highest BCUT2D eigenvalue weighted by Gasteiger charge is 2.17. The van der Waals surface area contributed by atoms with Crippen molar-refractivity contribution in [3.05, 3.63) is 34.1 Å². The highest BCUT2D eigenvalue weighted by Crippen LogP contribution is 2.27. The van der Waals surface area contributed by atoms with Gasteiger partial charge in [0.2, 0.25) is 0 Å². The molecule has 0 saturated heterocycles. The molecule has 0 radical (unpaired) electrons. The standard InChI is InChI=1S/C9H6ClFN2O3/c10-6(4-12)5-16-9-2-1-7(11)3-8(9)13(14)15/h1-3,6H,5H2. The average Bonchev–Trinajstić information content (AvgIpc) is 2.26. The lowest BCUT2D eigenvalue weighted by molar-refractivity contribution is -0.386. The Kier molecular flexibility index (Phi) is 4.03. The zero-order valence-electron chi connectivity index (χ0n) is 7.89. The summed E-state index contributed by atoms with van der Waals surface area (Å²) in [6.45, 7) is -0.204. The molecule has 1 aromatic rings. The molecule has 1 rings (SSSR count). The van der Waals surface area contributed by atoms with Crippen molar-refractivity contribution in [3.8, 4) is 11.8 Å². The molecule has 0 aliphatic rings. The van der Waals surface area contributed by atoms with Gasteiger partial charge in [0.05, 0.1) is 17.1 Å². The molecule has 0 aliphatic heterocycles. The molecule has 7 heteroatoms. The maximum atomic E-state index is 12.7. The molecule has 0 spiro atoms. The van der Waals surface area contributed by atoms with Gasteiger partial charge in [-0.25, -0.2) is 4.39 Å². The average molecular weight is 245 g/mol. The third-order valence-corrected chi connectivity index (χ3v) is 1.87. The monoisotopic (exact) mass is 244 g/mol. The van der Waals surface area contributed by atoms with Crippen molar-refractivity contribution >= 4 is 17.3 Å². The third-order valence-electron chi connectivity index (χ3n) is 1.64. The Morgan fingerprint density at radius 1 is 1.69 bits per heavy atom. The minimum Gasteiger partial charge on any atom is -0.484 e. The van der Waals surface area contributed by atoms with Crippen LogP contribution in [0.15, 0.2) is 18.2 Å². The lowest BCUT2D eigenvalue weighted by atomic mass is 10.3. The number of alkyl halides is 1. The number of hydrogen-bond acceptors (Lipinski definition) is 4. The number of nitrogens with zero attached hydrogens (tertiary/aromatic N) is 2. The second kappa shape index (κ2) is 5.28. The minimum absolute atomic E-state index is 0.118. The number of nitro benzene ring substituents is 1. The normalized spacial score (nSPS) is 11.6. The summed E-state index contributed by atoms with van der Waals surface area (Å²) < 4.78 is 17.7. The van der Waals surface area contributed by atoms with Gasteiger partial charge < -0.3 is 4.74 Å². The van der Waals surface area contributed by atoms with E-state index in [0.29, 0.717) is 0 Å². The van der Waals surface area contributed by atoms with Gasteiger partial charge in [-0.3, -0.25) is 10.1 Å². The predicted octanol–water partition coefficient (Wildman–Crippen LogP) is 2.24. The van der Waals surface area contributed by atoms with E-state index in [2.05, 4.69) is 0 Å². The zero-order valence-corrected chi connectivity index (χ0v) is 8.65. The first-order valence-electron chi connectivity index (χ1n) is 4.15. The van der Waals surface area contributed by atoms with Gasteiger partial charge >= 0.3 is 5.69 Å². The highest BCUT2D eigenvalue weighted by molar-refractivity contribution is 6.22. The predicted molar refractivity (Wildman–Crippen MR) is 53.8 cm³/mol. The number of ether oxygens (including phenoxy) is 1. The molecule has 0 saturated carbocycles. The van der Waals surface area contributed by atoms with Crippen LogP contribution in [0.4, 0.5) is 10.1 Å². The SMILES string of the molecule is N#CC(Cl)COc1ccc(F)cc1[N+](=O)[O-]. The van der Waals surface area contributed by atoms with E-state index in [1.165, 1.54) is 0 Å². The van der Waals surface area contributed by atoms with Crippen LogP contribution in [0.1, 0.15) is 0 Å². The van der Waals surface area contributed by atoms with E-state index in [1.807, 2.05) is 0 Å². The Balaban J connectivity index is 2.88. The van der Waals surface area contributed by atoms with Crippen LogP contribution in [0.3, 0.4) is 0 Å². The molecule has 5 nitrogen and oxygen atoms in total. The number of nitro groups is 1. The van der Waals surface area contributed by atoms with Crippen molar-refractivity contribution in [1.82, 2.24) is 0 Å². The molecule has 0 heterocycles. The largest absolute Gasteiger partial charge is 0.484 e. The fourth-order valence-electron chi connectivity index (χ4n) is 0.955. The van der Waals surface area contributed by atoms with Gasteiger partial charge in [-0.2, -0.15) is 5.26 Å². The maximum Gasteiger partial charge on any atom is 0.313 e. The van der Waals surface area contributed by atoms with Crippen LogP contribution in [0.25, 0.3) is 0 Å². The number of halogens is 2. The molecule has 1 atom stereocenters. The van der Waals surface area contributed by atoms with E-state index in [9.17, 15) is 14.5 Å². The summed E-state index contributed by atoms with van der Waals surface area (Å²) in [6, 6.07) is 4.58. The molecule has 0 N–H and O–H groups in total. The van der Waals surface area contributed by atoms with E-state index in [0.717, 1.165) is 18.2 Å². The number of hydrogen-bond donors (Lipinski definition) is 0. The van der Waals surface area contributed by atoms with Gasteiger partial charge in [-0.1, -0.05) is 0 Å². The van der Waals surface area contributed by atoms with Gasteiger partial charge in [0.15, 0.2) is 11.1 Å². The van der Waals surface area contributed by atoms with E-state index >= 15 is 0 Å². The van der Waals surface area contributed by atoms with Crippen molar-refractivity contribution in [3.63, 3.8) is 0 Å². The topological polar surface area (TPSA) is 76.2 Å². The van der Waals surface area contributed by atoms with Crippen molar-refractivity contribution in [2.75, 3.05) is 6.61 Å². The zero-order chi connectivity index (χ0) is 12.1. The fourth-order valence-corrected chi connectivity index (χ4v) is 1.02. The van der Waals surface area contributed by atoms with E-state index in [1.54, 1.807) is 6.07 Å². The molecule has 0 bridgehead atoms. The molecule has 0 aliphatic carbocycles. The molecular formula is C9H6ClFN2O3. The number of nitriles is 1. The smallest absolute Gasteiger partial charge is 0.313 e. The van der Waals surface area contributed by atoms with Crippen molar-refractivity contribution in [2.45, 2.75) is 5.38 Å². The van der Waals surface area contributed by atoms with Crippen LogP contribution >= 0.6 is 11.6 Å². The fraction of sp³-hybridized carbons (Fsp3) is 0.222. The molecule has 16 heavy (non-hydrogen) atoms. The number of benzene rings is 1. The summed E-state index contributed by atoms with van der Waals surface area (Å²) in [6.07, 6.45) is 0. The van der Waals surface area contributed by atoms with Gasteiger partial charge in [0.25, 0.3) is 0 Å². The van der Waals surface area contributed by atoms with Gasteiger partial charge in [-0.15, -0.1) is 11.6 Å². The summed E-state index contributed by atoms with van der Waals surface area (Å²) in [5.74, 6) is -0.853. The van der Waals surface area contributed by atoms with E-state index in [4.69, 9.17) is 21.6 Å². The highest BCUT2D eigenvalue weighted by atomic mass is 35.5. The molecule has 0 fully saturated rings. The maximum absolute atomic E-state index is 12.7. The first kappa shape index (κ1) is 12.2. The Labute approximate surface area is 95.2 Å². The lowest BCUT2D eigenvalue weighted by Gasteiger charge is -2.06. The third kappa shape index (κ3) is 3.07. The molecule has 84 valence electrons. The first-order valence-corrected chi connectivity index (χ1v) is 4.58. The molecule has 0 aromatic heterocycles.